The van der Waals surface area contributed by atoms with Gasteiger partial charge in [-0.2, -0.15) is 0 Å². The average molecular weight is 296 g/mol. The number of nitrogens with zero attached hydrogens (tertiary/aromatic N) is 2. The van der Waals surface area contributed by atoms with E-state index >= 15 is 0 Å². The molecule has 1 aromatic rings. The number of rotatable bonds is 7. The lowest BCUT2D eigenvalue weighted by Gasteiger charge is -2.34. The molecular weight excluding hydrogens is 280 g/mol. The van der Waals surface area contributed by atoms with Crippen LogP contribution in [0.4, 0.5) is 5.82 Å². The number of hydrogen-bond donors (Lipinski definition) is 0. The third kappa shape index (κ3) is 3.53. The van der Waals surface area contributed by atoms with Gasteiger partial charge < -0.3 is 24.3 Å². The molecule has 2 unspecified atom stereocenters. The Morgan fingerprint density at radius 3 is 2.81 bits per heavy atom. The summed E-state index contributed by atoms with van der Waals surface area (Å²) < 4.78 is 15.7. The SMILES string of the molecule is COCCOC1C(=O)CC1Oc1ccc(C)nc1[N+](=O)[O-]. The third-order valence-electron chi connectivity index (χ3n) is 3.07. The van der Waals surface area contributed by atoms with Crippen molar-refractivity contribution in [3.63, 3.8) is 0 Å². The second-order valence-electron chi connectivity index (χ2n) is 4.64. The first kappa shape index (κ1) is 15.3. The molecule has 0 spiro atoms. The van der Waals surface area contributed by atoms with Gasteiger partial charge in [0.25, 0.3) is 0 Å². The first-order chi connectivity index (χ1) is 10.0. The number of nitro groups is 1. The highest BCUT2D eigenvalue weighted by Crippen LogP contribution is 2.31. The predicted molar refractivity (Wildman–Crippen MR) is 71.3 cm³/mol. The number of pyridine rings is 1. The van der Waals surface area contributed by atoms with Crippen LogP contribution in [0, 0.1) is 17.0 Å². The maximum Gasteiger partial charge on any atom is 0.406 e. The first-order valence-corrected chi connectivity index (χ1v) is 6.45. The Hall–Kier alpha value is -2.06. The van der Waals surface area contributed by atoms with E-state index in [2.05, 4.69) is 4.98 Å². The molecule has 1 aliphatic rings. The number of hydrogen-bond acceptors (Lipinski definition) is 7. The van der Waals surface area contributed by atoms with Crippen molar-refractivity contribution >= 4 is 11.6 Å². The zero-order chi connectivity index (χ0) is 15.4. The standard InChI is InChI=1S/C13H16N2O6/c1-8-3-4-10(13(14-8)15(17)18)21-11-7-9(16)12(11)20-6-5-19-2/h3-4,11-12H,5-7H2,1-2H3. The smallest absolute Gasteiger partial charge is 0.406 e. The number of ketones is 1. The van der Waals surface area contributed by atoms with Crippen LogP contribution in [-0.2, 0) is 14.3 Å². The topological polar surface area (TPSA) is 101 Å². The van der Waals surface area contributed by atoms with Crippen LogP contribution >= 0.6 is 0 Å². The fourth-order valence-corrected chi connectivity index (χ4v) is 1.95. The lowest BCUT2D eigenvalue weighted by Crippen LogP contribution is -2.52. The highest BCUT2D eigenvalue weighted by molar-refractivity contribution is 5.90. The molecule has 1 saturated carbocycles. The van der Waals surface area contributed by atoms with Crippen LogP contribution in [0.2, 0.25) is 0 Å². The summed E-state index contributed by atoms with van der Waals surface area (Å²) in [6.07, 6.45) is -1.07. The van der Waals surface area contributed by atoms with Crippen molar-refractivity contribution in [1.82, 2.24) is 4.98 Å². The maximum absolute atomic E-state index is 11.5. The minimum Gasteiger partial charge on any atom is -0.479 e. The van der Waals surface area contributed by atoms with Crippen LogP contribution in [-0.4, -0.2) is 48.2 Å². The molecule has 8 nitrogen and oxygen atoms in total. The first-order valence-electron chi connectivity index (χ1n) is 6.45. The summed E-state index contributed by atoms with van der Waals surface area (Å²) in [4.78, 5) is 25.7. The normalized spacial score (nSPS) is 21.0. The lowest BCUT2D eigenvalue weighted by atomic mass is 9.90. The second kappa shape index (κ2) is 6.59. The van der Waals surface area contributed by atoms with Gasteiger partial charge in [-0.05, 0) is 22.0 Å². The molecule has 8 heteroatoms. The summed E-state index contributed by atoms with van der Waals surface area (Å²) in [5.74, 6) is -0.396. The summed E-state index contributed by atoms with van der Waals surface area (Å²) in [5, 5.41) is 11.0. The molecule has 0 saturated heterocycles. The van der Waals surface area contributed by atoms with Gasteiger partial charge in [0.15, 0.2) is 11.9 Å². The molecule has 1 aromatic heterocycles. The summed E-state index contributed by atoms with van der Waals surface area (Å²) in [6.45, 7) is 2.28. The molecule has 0 bridgehead atoms. The summed E-state index contributed by atoms with van der Waals surface area (Å²) >= 11 is 0. The number of aryl methyl sites for hydroxylation is 1. The van der Waals surface area contributed by atoms with Crippen LogP contribution in [0.5, 0.6) is 5.75 Å². The summed E-state index contributed by atoms with van der Waals surface area (Å²) in [5.41, 5.74) is 0.520. The van der Waals surface area contributed by atoms with Crippen molar-refractivity contribution in [2.24, 2.45) is 0 Å². The van der Waals surface area contributed by atoms with Crippen molar-refractivity contribution in [2.45, 2.75) is 25.6 Å². The van der Waals surface area contributed by atoms with E-state index in [1.165, 1.54) is 13.2 Å². The average Bonchev–Trinajstić information content (AvgIpc) is 2.44. The molecule has 0 radical (unpaired) electrons. The van der Waals surface area contributed by atoms with Crippen molar-refractivity contribution < 1.29 is 23.9 Å². The van der Waals surface area contributed by atoms with E-state index in [1.807, 2.05) is 0 Å². The van der Waals surface area contributed by atoms with E-state index in [0.29, 0.717) is 12.3 Å². The van der Waals surface area contributed by atoms with Gasteiger partial charge in [0.1, 0.15) is 11.8 Å². The quantitative estimate of drug-likeness (QED) is 0.421. The molecule has 0 aromatic carbocycles. The zero-order valence-corrected chi connectivity index (χ0v) is 11.8. The number of carbonyl (C=O) groups excluding carboxylic acids is 1. The molecule has 0 aliphatic heterocycles. The third-order valence-corrected chi connectivity index (χ3v) is 3.07. The van der Waals surface area contributed by atoms with Crippen LogP contribution in [0.15, 0.2) is 12.1 Å². The summed E-state index contributed by atoms with van der Waals surface area (Å²) in [6, 6.07) is 3.10. The molecule has 2 atom stereocenters. The van der Waals surface area contributed by atoms with E-state index in [-0.39, 0.29) is 30.4 Å². The van der Waals surface area contributed by atoms with Gasteiger partial charge in [0, 0.05) is 20.5 Å². The van der Waals surface area contributed by atoms with E-state index < -0.39 is 17.1 Å². The number of Topliss-reactive ketones (excluding diaryl/α,β-unsaturated/α-hetero) is 1. The molecule has 0 amide bonds. The van der Waals surface area contributed by atoms with Crippen LogP contribution < -0.4 is 4.74 Å². The van der Waals surface area contributed by atoms with Crippen LogP contribution in [0.1, 0.15) is 12.1 Å². The molecule has 1 fully saturated rings. The molecule has 0 N–H and O–H groups in total. The second-order valence-corrected chi connectivity index (χ2v) is 4.64. The molecule has 114 valence electrons. The Bertz CT molecular complexity index is 547. The fourth-order valence-electron chi connectivity index (χ4n) is 1.95. The molecule has 21 heavy (non-hydrogen) atoms. The molecule has 1 aliphatic carbocycles. The van der Waals surface area contributed by atoms with Gasteiger partial charge in [-0.1, -0.05) is 0 Å². The number of methoxy groups -OCH3 is 1. The fraction of sp³-hybridized carbons (Fsp3) is 0.538. The highest BCUT2D eigenvalue weighted by atomic mass is 16.6. The van der Waals surface area contributed by atoms with E-state index in [0.717, 1.165) is 0 Å². The largest absolute Gasteiger partial charge is 0.479 e. The van der Waals surface area contributed by atoms with Gasteiger partial charge in [0.05, 0.1) is 13.2 Å². The monoisotopic (exact) mass is 296 g/mol. The molecular formula is C13H16N2O6. The minimum atomic E-state index is -0.707. The Morgan fingerprint density at radius 2 is 2.19 bits per heavy atom. The zero-order valence-electron chi connectivity index (χ0n) is 11.8. The van der Waals surface area contributed by atoms with Gasteiger partial charge in [-0.15, -0.1) is 0 Å². The van der Waals surface area contributed by atoms with Crippen LogP contribution in [0.25, 0.3) is 0 Å². The van der Waals surface area contributed by atoms with Crippen LogP contribution in [0.3, 0.4) is 0 Å². The Kier molecular flexibility index (Phi) is 4.81. The van der Waals surface area contributed by atoms with E-state index in [4.69, 9.17) is 14.2 Å². The highest BCUT2D eigenvalue weighted by Gasteiger charge is 2.43. The van der Waals surface area contributed by atoms with E-state index in [1.54, 1.807) is 13.0 Å². The minimum absolute atomic E-state index is 0.0449. The van der Waals surface area contributed by atoms with Crippen molar-refractivity contribution in [2.75, 3.05) is 20.3 Å². The Labute approximate surface area is 121 Å². The van der Waals surface area contributed by atoms with Gasteiger partial charge >= 0.3 is 5.82 Å². The maximum atomic E-state index is 11.5. The van der Waals surface area contributed by atoms with Gasteiger partial charge in [-0.3, -0.25) is 4.79 Å². The summed E-state index contributed by atoms with van der Waals surface area (Å²) in [7, 11) is 1.53. The molecule has 1 heterocycles. The van der Waals surface area contributed by atoms with Crippen molar-refractivity contribution in [3.05, 3.63) is 27.9 Å². The Morgan fingerprint density at radius 1 is 1.43 bits per heavy atom. The predicted octanol–water partition coefficient (Wildman–Crippen LogP) is 1.05. The Balaban J connectivity index is 2.04. The van der Waals surface area contributed by atoms with Crippen molar-refractivity contribution in [3.8, 4) is 5.75 Å². The number of aromatic nitrogens is 1. The number of carbonyl (C=O) groups is 1. The number of ether oxygens (including phenoxy) is 3. The lowest BCUT2D eigenvalue weighted by molar-refractivity contribution is -0.391. The van der Waals surface area contributed by atoms with Gasteiger partial charge in [-0.25, -0.2) is 0 Å². The van der Waals surface area contributed by atoms with Gasteiger partial charge in [0.2, 0.25) is 5.75 Å². The van der Waals surface area contributed by atoms with E-state index in [9.17, 15) is 14.9 Å². The van der Waals surface area contributed by atoms with Crippen molar-refractivity contribution in [1.29, 1.82) is 0 Å². The molecule has 2 rings (SSSR count).